The van der Waals surface area contributed by atoms with Gasteiger partial charge in [-0.2, -0.15) is 0 Å². The van der Waals surface area contributed by atoms with E-state index in [2.05, 4.69) is 4.90 Å². The van der Waals surface area contributed by atoms with Gasteiger partial charge in [0.15, 0.2) is 33.0 Å². The highest BCUT2D eigenvalue weighted by Crippen LogP contribution is 2.65. The SMILES string of the molecule is O=C1[C@H]2[C@H](CC=C3[C@H](C4=COc5ccc(O)cc5C4)[C@]4(Cl)C(=O)N(c5c(F)c(F)c(F)c(F)c5F)C(=O)[C@]4(Cl)C[C@H]32)C(=O)N1c1ccc(N2CCOCC2)cc1. The summed E-state index contributed by atoms with van der Waals surface area (Å²) >= 11 is 14.5. The van der Waals surface area contributed by atoms with Gasteiger partial charge in [0.05, 0.1) is 37.0 Å². The van der Waals surface area contributed by atoms with Crippen molar-refractivity contribution in [2.75, 3.05) is 41.0 Å². The van der Waals surface area contributed by atoms with Crippen molar-refractivity contribution in [1.82, 2.24) is 0 Å². The molecule has 3 aromatic rings. The Morgan fingerprint density at radius 3 is 2.09 bits per heavy atom. The van der Waals surface area contributed by atoms with E-state index >= 15 is 8.78 Å². The minimum Gasteiger partial charge on any atom is -0.508 e. The number of morpholine rings is 1. The highest BCUT2D eigenvalue weighted by molar-refractivity contribution is 6.58. The molecule has 0 radical (unpaired) electrons. The molecule has 4 fully saturated rings. The molecule has 9 rings (SSSR count). The molecule has 3 saturated heterocycles. The number of halogens is 7. The molecule has 6 atom stereocenters. The van der Waals surface area contributed by atoms with Crippen LogP contribution in [0.4, 0.5) is 39.0 Å². The first-order valence-corrected chi connectivity index (χ1v) is 18.4. The molecule has 56 heavy (non-hydrogen) atoms. The van der Waals surface area contributed by atoms with Gasteiger partial charge in [-0.25, -0.2) is 26.9 Å². The van der Waals surface area contributed by atoms with Crippen LogP contribution in [0.2, 0.25) is 0 Å². The molecule has 290 valence electrons. The maximum atomic E-state index is 15.4. The highest BCUT2D eigenvalue weighted by atomic mass is 35.5. The Bertz CT molecular complexity index is 2330. The number of alkyl halides is 2. The van der Waals surface area contributed by atoms with Crippen LogP contribution in [-0.4, -0.2) is 64.8 Å². The van der Waals surface area contributed by atoms with Gasteiger partial charge in [0, 0.05) is 36.7 Å². The van der Waals surface area contributed by atoms with Crippen molar-refractivity contribution in [2.24, 2.45) is 23.7 Å². The Morgan fingerprint density at radius 2 is 1.41 bits per heavy atom. The van der Waals surface area contributed by atoms with Crippen LogP contribution in [0, 0.1) is 52.8 Å². The number of hydrogen-bond donors (Lipinski definition) is 1. The smallest absolute Gasteiger partial charge is 0.258 e. The van der Waals surface area contributed by atoms with E-state index in [1.807, 2.05) is 0 Å². The molecule has 17 heteroatoms. The van der Waals surface area contributed by atoms with Gasteiger partial charge in [-0.3, -0.25) is 24.1 Å². The Kier molecular flexibility index (Phi) is 8.35. The van der Waals surface area contributed by atoms with Gasteiger partial charge in [-0.15, -0.1) is 23.2 Å². The number of carbonyl (C=O) groups excluding carboxylic acids is 4. The lowest BCUT2D eigenvalue weighted by Crippen LogP contribution is -2.61. The molecule has 4 aliphatic heterocycles. The zero-order chi connectivity index (χ0) is 39.6. The number of aromatic hydroxyl groups is 1. The van der Waals surface area contributed by atoms with Gasteiger partial charge in [0.25, 0.3) is 11.8 Å². The number of amides is 4. The van der Waals surface area contributed by atoms with Crippen LogP contribution in [0.5, 0.6) is 11.5 Å². The molecule has 0 spiro atoms. The second-order valence-electron chi connectivity index (χ2n) is 14.6. The molecule has 1 saturated carbocycles. The van der Waals surface area contributed by atoms with E-state index in [-0.39, 0.29) is 34.8 Å². The maximum Gasteiger partial charge on any atom is 0.258 e. The topological polar surface area (TPSA) is 117 Å². The lowest BCUT2D eigenvalue weighted by Gasteiger charge is -2.51. The van der Waals surface area contributed by atoms with Crippen molar-refractivity contribution in [3.05, 3.63) is 101 Å². The number of ether oxygens (including phenoxy) is 2. The molecule has 4 heterocycles. The largest absolute Gasteiger partial charge is 0.508 e. The summed E-state index contributed by atoms with van der Waals surface area (Å²) in [5.41, 5.74) is 0.175. The normalized spacial score (nSPS) is 29.7. The Hall–Kier alpha value is -4.99. The van der Waals surface area contributed by atoms with Crippen molar-refractivity contribution in [1.29, 1.82) is 0 Å². The number of phenols is 1. The second kappa shape index (κ2) is 12.8. The first-order valence-electron chi connectivity index (χ1n) is 17.6. The summed E-state index contributed by atoms with van der Waals surface area (Å²) < 4.78 is 85.3. The summed E-state index contributed by atoms with van der Waals surface area (Å²) in [6, 6.07) is 11.1. The summed E-state index contributed by atoms with van der Waals surface area (Å²) in [4.78, 5) is 55.2. The fourth-order valence-electron chi connectivity index (χ4n) is 9.27. The van der Waals surface area contributed by atoms with Gasteiger partial charge in [0.1, 0.15) is 17.2 Å². The summed E-state index contributed by atoms with van der Waals surface area (Å²) in [6.45, 7) is 2.40. The number of benzene rings is 3. The van der Waals surface area contributed by atoms with Gasteiger partial charge in [-0.05, 0) is 66.8 Å². The summed E-state index contributed by atoms with van der Waals surface area (Å²) in [6.07, 6.45) is 2.13. The highest BCUT2D eigenvalue weighted by Gasteiger charge is 2.77. The third-order valence-corrected chi connectivity index (χ3v) is 13.3. The van der Waals surface area contributed by atoms with Crippen LogP contribution >= 0.6 is 23.2 Å². The fourth-order valence-corrected chi connectivity index (χ4v) is 10.2. The molecule has 10 nitrogen and oxygen atoms in total. The van der Waals surface area contributed by atoms with Crippen LogP contribution in [0.1, 0.15) is 18.4 Å². The quantitative estimate of drug-likeness (QED) is 0.0847. The maximum absolute atomic E-state index is 15.4. The lowest BCUT2D eigenvalue weighted by atomic mass is 9.56. The van der Waals surface area contributed by atoms with Crippen LogP contribution in [0.25, 0.3) is 0 Å². The van der Waals surface area contributed by atoms with E-state index < -0.39 is 98.2 Å². The number of fused-ring (bicyclic) bond motifs is 5. The van der Waals surface area contributed by atoms with Crippen molar-refractivity contribution >= 4 is 63.9 Å². The summed E-state index contributed by atoms with van der Waals surface area (Å²) in [7, 11) is 0. The fraction of sp³-hybridized carbons (Fsp3) is 0.333. The molecule has 0 aromatic heterocycles. The number of rotatable bonds is 4. The third kappa shape index (κ3) is 4.89. The standard InChI is InChI=1S/C39H28Cl2F5N3O7/c40-38-15-24-22(6-7-23-26(24)35(52)48(34(23)51)20-3-1-19(2-4-20)47-9-11-55-12-10-47)27(18-13-17-14-21(50)5-8-25(17)56-16-18)39(38,41)37(54)49(36(38)53)33-31(45)29(43)28(42)30(44)32(33)46/h1-6,8,14,16,23-24,26-27,50H,7,9-13,15H2/t23-,24+,26-,27-,38+,39-/m0/s1. The molecular formula is C39H28Cl2F5N3O7. The Balaban J connectivity index is 1.16. The van der Waals surface area contributed by atoms with Gasteiger partial charge in [-0.1, -0.05) is 11.6 Å². The molecule has 0 bridgehead atoms. The molecule has 3 aromatic carbocycles. The van der Waals surface area contributed by atoms with Crippen LogP contribution in [-0.2, 0) is 30.3 Å². The summed E-state index contributed by atoms with van der Waals surface area (Å²) in [5, 5.41) is 10.2. The predicted molar refractivity (Wildman–Crippen MR) is 190 cm³/mol. The van der Waals surface area contributed by atoms with Crippen molar-refractivity contribution < 1.29 is 55.7 Å². The van der Waals surface area contributed by atoms with Gasteiger partial charge >= 0.3 is 0 Å². The average molecular weight is 817 g/mol. The van der Waals surface area contributed by atoms with Gasteiger partial charge < -0.3 is 19.5 Å². The number of phenolic OH excluding ortho intramolecular Hbond substituents is 1. The molecule has 1 N–H and O–H groups in total. The van der Waals surface area contributed by atoms with E-state index in [1.54, 1.807) is 30.3 Å². The zero-order valence-corrected chi connectivity index (χ0v) is 30.4. The molecule has 0 unspecified atom stereocenters. The van der Waals surface area contributed by atoms with E-state index in [0.29, 0.717) is 43.2 Å². The predicted octanol–water partition coefficient (Wildman–Crippen LogP) is 6.04. The minimum atomic E-state index is -2.69. The number of nitrogens with zero attached hydrogens (tertiary/aromatic N) is 3. The van der Waals surface area contributed by atoms with Crippen molar-refractivity contribution in [3.63, 3.8) is 0 Å². The molecule has 6 aliphatic rings. The third-order valence-electron chi connectivity index (χ3n) is 11.9. The number of imide groups is 2. The van der Waals surface area contributed by atoms with Crippen LogP contribution in [0.3, 0.4) is 0 Å². The van der Waals surface area contributed by atoms with Gasteiger partial charge in [0.2, 0.25) is 17.6 Å². The molecule has 4 amide bonds. The number of hydrogen-bond acceptors (Lipinski definition) is 8. The minimum absolute atomic E-state index is 0.0167. The first-order chi connectivity index (χ1) is 26.7. The molecule has 2 aliphatic carbocycles. The zero-order valence-electron chi connectivity index (χ0n) is 28.8. The molecular weight excluding hydrogens is 788 g/mol. The average Bonchev–Trinajstić information content (AvgIpc) is 3.54. The number of carbonyl (C=O) groups is 4. The van der Waals surface area contributed by atoms with E-state index in [1.165, 1.54) is 24.5 Å². The van der Waals surface area contributed by atoms with E-state index in [9.17, 15) is 37.5 Å². The van der Waals surface area contributed by atoms with Crippen LogP contribution in [0.15, 0.2) is 65.9 Å². The lowest BCUT2D eigenvalue weighted by molar-refractivity contribution is -0.125. The Labute approximate surface area is 324 Å². The van der Waals surface area contributed by atoms with Crippen LogP contribution < -0.4 is 19.4 Å². The number of allylic oxidation sites excluding steroid dienone is 3. The first kappa shape index (κ1) is 36.6. The van der Waals surface area contributed by atoms with Crippen molar-refractivity contribution in [2.45, 2.75) is 29.0 Å². The Morgan fingerprint density at radius 1 is 0.768 bits per heavy atom. The van der Waals surface area contributed by atoms with E-state index in [4.69, 9.17) is 32.7 Å². The second-order valence-corrected chi connectivity index (χ2v) is 15.8. The summed E-state index contributed by atoms with van der Waals surface area (Å²) in [5.74, 6) is -21.1. The van der Waals surface area contributed by atoms with Crippen molar-refractivity contribution in [3.8, 4) is 11.5 Å². The number of anilines is 3. The van der Waals surface area contributed by atoms with E-state index in [0.717, 1.165) is 10.6 Å². The monoisotopic (exact) mass is 815 g/mol.